The van der Waals surface area contributed by atoms with E-state index in [9.17, 15) is 0 Å². The molecular formula is C12H20N4O. The third-order valence-electron chi connectivity index (χ3n) is 3.25. The summed E-state index contributed by atoms with van der Waals surface area (Å²) < 4.78 is 5.38. The number of nitrogen functional groups attached to an aromatic ring is 1. The van der Waals surface area contributed by atoms with Crippen LogP contribution in [0.2, 0.25) is 0 Å². The van der Waals surface area contributed by atoms with Crippen molar-refractivity contribution >= 4 is 11.6 Å². The predicted octanol–water partition coefficient (Wildman–Crippen LogP) is 1.41. The molecule has 2 rings (SSSR count). The number of rotatable bonds is 3. The van der Waals surface area contributed by atoms with Gasteiger partial charge < -0.3 is 15.4 Å². The third kappa shape index (κ3) is 2.34. The second kappa shape index (κ2) is 4.87. The molecule has 0 amide bonds. The Labute approximate surface area is 102 Å². The first-order valence-electron chi connectivity index (χ1n) is 6.01. The highest BCUT2D eigenvalue weighted by Crippen LogP contribution is 2.31. The van der Waals surface area contributed by atoms with Gasteiger partial charge in [-0.1, -0.05) is 13.8 Å². The van der Waals surface area contributed by atoms with Crippen molar-refractivity contribution in [2.75, 3.05) is 30.8 Å². The minimum Gasteiger partial charge on any atom is -0.383 e. The van der Waals surface area contributed by atoms with Gasteiger partial charge in [-0.05, 0) is 12.3 Å². The fraction of sp³-hybridized carbons (Fsp3) is 0.667. The number of nitrogens with two attached hydrogens (primary N) is 1. The maximum atomic E-state index is 5.95. The van der Waals surface area contributed by atoms with Crippen molar-refractivity contribution in [3.63, 3.8) is 0 Å². The number of anilines is 2. The molecule has 0 aromatic carbocycles. The Balaban J connectivity index is 2.29. The molecule has 1 aliphatic heterocycles. The summed E-state index contributed by atoms with van der Waals surface area (Å²) in [5, 5.41) is 0. The van der Waals surface area contributed by atoms with Crippen molar-refractivity contribution in [2.45, 2.75) is 32.3 Å². The largest absolute Gasteiger partial charge is 0.383 e. The molecule has 5 nitrogen and oxygen atoms in total. The van der Waals surface area contributed by atoms with Crippen LogP contribution in [0.1, 0.15) is 31.7 Å². The smallest absolute Gasteiger partial charge is 0.137 e. The normalized spacial score (nSPS) is 20.2. The zero-order valence-electron chi connectivity index (χ0n) is 10.7. The van der Waals surface area contributed by atoms with E-state index >= 15 is 0 Å². The molecule has 1 saturated heterocycles. The minimum atomic E-state index is 0.297. The average molecular weight is 236 g/mol. The van der Waals surface area contributed by atoms with Crippen LogP contribution >= 0.6 is 0 Å². The van der Waals surface area contributed by atoms with Crippen LogP contribution in [-0.2, 0) is 4.74 Å². The Morgan fingerprint density at radius 3 is 2.82 bits per heavy atom. The number of hydrogen-bond acceptors (Lipinski definition) is 5. The summed E-state index contributed by atoms with van der Waals surface area (Å²) in [6, 6.07) is 0. The van der Waals surface area contributed by atoms with E-state index in [0.29, 0.717) is 17.8 Å². The summed E-state index contributed by atoms with van der Waals surface area (Å²) in [5.41, 5.74) is 6.99. The van der Waals surface area contributed by atoms with Crippen LogP contribution in [0.15, 0.2) is 6.33 Å². The number of aromatic nitrogens is 2. The molecule has 0 aliphatic carbocycles. The number of hydrogen-bond donors (Lipinski definition) is 1. The standard InChI is InChI=1S/C12H20N4O/c1-8(2)10-11(13)14-7-15-12(10)16-5-4-9(6-16)17-3/h7-9H,4-6H2,1-3H3,(H2,13,14,15). The van der Waals surface area contributed by atoms with Gasteiger partial charge in [0.25, 0.3) is 0 Å². The van der Waals surface area contributed by atoms with Crippen molar-refractivity contribution in [2.24, 2.45) is 0 Å². The van der Waals surface area contributed by atoms with E-state index < -0.39 is 0 Å². The molecule has 94 valence electrons. The molecule has 0 bridgehead atoms. The predicted molar refractivity (Wildman–Crippen MR) is 68.2 cm³/mol. The molecule has 1 aromatic heterocycles. The molecule has 0 saturated carbocycles. The van der Waals surface area contributed by atoms with Crippen LogP contribution in [-0.4, -0.2) is 36.3 Å². The SMILES string of the molecule is COC1CCN(c2ncnc(N)c2C(C)C)C1. The Morgan fingerprint density at radius 1 is 1.47 bits per heavy atom. The Kier molecular flexibility index (Phi) is 3.47. The summed E-state index contributed by atoms with van der Waals surface area (Å²) in [5.74, 6) is 1.88. The lowest BCUT2D eigenvalue weighted by Gasteiger charge is -2.22. The van der Waals surface area contributed by atoms with Crippen molar-refractivity contribution in [1.29, 1.82) is 0 Å². The van der Waals surface area contributed by atoms with Crippen LogP contribution in [0.5, 0.6) is 0 Å². The highest BCUT2D eigenvalue weighted by atomic mass is 16.5. The maximum absolute atomic E-state index is 5.95. The van der Waals surface area contributed by atoms with E-state index in [2.05, 4.69) is 28.7 Å². The number of methoxy groups -OCH3 is 1. The Bertz CT molecular complexity index is 394. The lowest BCUT2D eigenvalue weighted by atomic mass is 10.0. The Morgan fingerprint density at radius 2 is 2.24 bits per heavy atom. The highest BCUT2D eigenvalue weighted by Gasteiger charge is 2.26. The van der Waals surface area contributed by atoms with Gasteiger partial charge in [0.2, 0.25) is 0 Å². The van der Waals surface area contributed by atoms with Crippen LogP contribution in [0.25, 0.3) is 0 Å². The van der Waals surface area contributed by atoms with Gasteiger partial charge in [-0.25, -0.2) is 9.97 Å². The zero-order valence-corrected chi connectivity index (χ0v) is 10.7. The first kappa shape index (κ1) is 12.1. The molecular weight excluding hydrogens is 216 g/mol. The maximum Gasteiger partial charge on any atom is 0.137 e. The molecule has 1 aliphatic rings. The fourth-order valence-electron chi connectivity index (χ4n) is 2.32. The van der Waals surface area contributed by atoms with Crippen LogP contribution in [0.4, 0.5) is 11.6 Å². The summed E-state index contributed by atoms with van der Waals surface area (Å²) in [7, 11) is 1.76. The van der Waals surface area contributed by atoms with E-state index in [-0.39, 0.29) is 0 Å². The van der Waals surface area contributed by atoms with Gasteiger partial charge in [0.1, 0.15) is 18.0 Å². The highest BCUT2D eigenvalue weighted by molar-refractivity contribution is 5.58. The van der Waals surface area contributed by atoms with Gasteiger partial charge in [0, 0.05) is 25.8 Å². The van der Waals surface area contributed by atoms with Crippen molar-refractivity contribution in [3.8, 4) is 0 Å². The molecule has 0 spiro atoms. The van der Waals surface area contributed by atoms with Crippen molar-refractivity contribution < 1.29 is 4.74 Å². The van der Waals surface area contributed by atoms with Crippen molar-refractivity contribution in [3.05, 3.63) is 11.9 Å². The van der Waals surface area contributed by atoms with Gasteiger partial charge in [-0.15, -0.1) is 0 Å². The van der Waals surface area contributed by atoms with Crippen LogP contribution < -0.4 is 10.6 Å². The summed E-state index contributed by atoms with van der Waals surface area (Å²) >= 11 is 0. The van der Waals surface area contributed by atoms with Crippen LogP contribution in [0, 0.1) is 0 Å². The lowest BCUT2D eigenvalue weighted by molar-refractivity contribution is 0.121. The Hall–Kier alpha value is -1.36. The van der Waals surface area contributed by atoms with E-state index in [1.54, 1.807) is 7.11 Å². The molecule has 2 N–H and O–H groups in total. The van der Waals surface area contributed by atoms with Gasteiger partial charge >= 0.3 is 0 Å². The first-order chi connectivity index (χ1) is 8.13. The van der Waals surface area contributed by atoms with Gasteiger partial charge in [0.05, 0.1) is 6.10 Å². The molecule has 1 unspecified atom stereocenters. The summed E-state index contributed by atoms with van der Waals surface area (Å²) in [6.07, 6.45) is 2.88. The lowest BCUT2D eigenvalue weighted by Crippen LogP contribution is -2.25. The van der Waals surface area contributed by atoms with E-state index in [1.807, 2.05) is 0 Å². The average Bonchev–Trinajstić information content (AvgIpc) is 2.76. The van der Waals surface area contributed by atoms with E-state index in [0.717, 1.165) is 30.9 Å². The second-order valence-electron chi connectivity index (χ2n) is 4.74. The quantitative estimate of drug-likeness (QED) is 0.859. The summed E-state index contributed by atoms with van der Waals surface area (Å²) in [4.78, 5) is 10.7. The van der Waals surface area contributed by atoms with Crippen molar-refractivity contribution in [1.82, 2.24) is 9.97 Å². The molecule has 5 heteroatoms. The molecule has 1 aromatic rings. The first-order valence-corrected chi connectivity index (χ1v) is 6.01. The molecule has 1 fully saturated rings. The van der Waals surface area contributed by atoms with E-state index in [4.69, 9.17) is 10.5 Å². The molecule has 17 heavy (non-hydrogen) atoms. The van der Waals surface area contributed by atoms with Gasteiger partial charge in [0.15, 0.2) is 0 Å². The fourth-order valence-corrected chi connectivity index (χ4v) is 2.32. The minimum absolute atomic E-state index is 0.297. The molecule has 1 atom stereocenters. The van der Waals surface area contributed by atoms with Gasteiger partial charge in [-0.2, -0.15) is 0 Å². The van der Waals surface area contributed by atoms with E-state index in [1.165, 1.54) is 6.33 Å². The third-order valence-corrected chi connectivity index (χ3v) is 3.25. The second-order valence-corrected chi connectivity index (χ2v) is 4.74. The summed E-state index contributed by atoms with van der Waals surface area (Å²) in [6.45, 7) is 6.08. The topological polar surface area (TPSA) is 64.3 Å². The van der Waals surface area contributed by atoms with Crippen LogP contribution in [0.3, 0.4) is 0 Å². The number of nitrogens with zero attached hydrogens (tertiary/aromatic N) is 3. The van der Waals surface area contributed by atoms with Gasteiger partial charge in [-0.3, -0.25) is 0 Å². The zero-order chi connectivity index (χ0) is 12.4. The number of ether oxygens (including phenoxy) is 1. The molecule has 0 radical (unpaired) electrons. The monoisotopic (exact) mass is 236 g/mol. The molecule has 2 heterocycles.